The lowest BCUT2D eigenvalue weighted by Crippen LogP contribution is -2.58. The lowest BCUT2D eigenvalue weighted by Gasteiger charge is -2.46. The number of carbonyl (C=O) groups excluding carboxylic acids is 4. The number of hydrogen-bond acceptors (Lipinski definition) is 9. The first kappa shape index (κ1) is 26.8. The second-order valence-corrected chi connectivity index (χ2v) is 11.3. The predicted octanol–water partition coefficient (Wildman–Crippen LogP) is 1.36. The zero-order chi connectivity index (χ0) is 28.7. The van der Waals surface area contributed by atoms with E-state index in [1.807, 2.05) is 13.8 Å². The van der Waals surface area contributed by atoms with Crippen molar-refractivity contribution < 1.29 is 44.0 Å². The van der Waals surface area contributed by atoms with Crippen LogP contribution >= 0.6 is 0 Å². The van der Waals surface area contributed by atoms with Gasteiger partial charge in [0.25, 0.3) is 5.91 Å². The maximum Gasteiger partial charge on any atom is 0.255 e. The molecule has 1 aromatic rings. The van der Waals surface area contributed by atoms with Gasteiger partial charge in [-0.25, -0.2) is 4.39 Å². The number of aromatic hydroxyl groups is 1. The van der Waals surface area contributed by atoms with Gasteiger partial charge in [-0.05, 0) is 38.1 Å². The molecule has 0 aromatic heterocycles. The molecule has 11 nitrogen and oxygen atoms in total. The van der Waals surface area contributed by atoms with Crippen molar-refractivity contribution in [1.82, 2.24) is 4.90 Å². The maximum atomic E-state index is 16.1. The van der Waals surface area contributed by atoms with Gasteiger partial charge in [-0.15, -0.1) is 0 Å². The molecule has 4 aliphatic rings. The number of amides is 2. The molecule has 3 aliphatic carbocycles. The first-order valence-corrected chi connectivity index (χ1v) is 12.7. The minimum Gasteiger partial charge on any atom is -0.508 e. The molecule has 2 amide bonds. The van der Waals surface area contributed by atoms with Crippen LogP contribution in [0.2, 0.25) is 0 Å². The Kier molecular flexibility index (Phi) is 6.11. The molecule has 1 fully saturated rings. The second-order valence-electron chi connectivity index (χ2n) is 11.3. The predicted molar refractivity (Wildman–Crippen MR) is 135 cm³/mol. The van der Waals surface area contributed by atoms with Gasteiger partial charge in [0, 0.05) is 35.6 Å². The quantitative estimate of drug-likeness (QED) is 0.241. The third-order valence-corrected chi connectivity index (χ3v) is 8.45. The zero-order valence-electron chi connectivity index (χ0n) is 21.7. The average molecular weight is 544 g/mol. The molecule has 7 N–H and O–H groups in total. The van der Waals surface area contributed by atoms with Crippen LogP contribution < -0.4 is 11.1 Å². The van der Waals surface area contributed by atoms with E-state index in [0.717, 1.165) is 0 Å². The fourth-order valence-corrected chi connectivity index (χ4v) is 6.55. The molecular weight excluding hydrogens is 513 g/mol. The molecule has 1 aromatic carbocycles. The summed E-state index contributed by atoms with van der Waals surface area (Å²) in [6, 6.07) is -0.603. The van der Waals surface area contributed by atoms with E-state index >= 15 is 4.39 Å². The molecule has 1 heterocycles. The zero-order valence-corrected chi connectivity index (χ0v) is 21.7. The molecule has 4 atom stereocenters. The number of nitrogens with zero attached hydrogens (tertiary/aromatic N) is 1. The van der Waals surface area contributed by atoms with Crippen LogP contribution in [0, 0.1) is 23.6 Å². The highest BCUT2D eigenvalue weighted by molar-refractivity contribution is 6.22. The molecule has 5 rings (SSSR count). The monoisotopic (exact) mass is 543 g/mol. The van der Waals surface area contributed by atoms with E-state index in [4.69, 9.17) is 5.73 Å². The van der Waals surface area contributed by atoms with E-state index in [0.29, 0.717) is 6.42 Å². The standard InChI is InChI=1S/C27H30FN3O8/c1-9(2)4-14-26(38)30-20-13(8-31(14)3)19(28)12-6-10-5-11-7-15(32)18(25(29)37)24(36)27(11,39)23(35)16(10)21(33)17(12)22(20)34/h9-11,14,33-34,36,39H,4-8H2,1-3H3,(H2,29,37)(H,30,38)/t10?,11-,14-,27-/m0/s1. The lowest BCUT2D eigenvalue weighted by atomic mass is 9.59. The van der Waals surface area contributed by atoms with Crippen molar-refractivity contribution in [3.05, 3.63) is 39.4 Å². The van der Waals surface area contributed by atoms with E-state index in [9.17, 15) is 39.6 Å². The minimum atomic E-state index is -2.71. The Morgan fingerprint density at radius 1 is 1.18 bits per heavy atom. The Bertz CT molecular complexity index is 1430. The van der Waals surface area contributed by atoms with Crippen molar-refractivity contribution in [2.75, 3.05) is 12.4 Å². The highest BCUT2D eigenvalue weighted by Crippen LogP contribution is 2.54. The third kappa shape index (κ3) is 3.69. The van der Waals surface area contributed by atoms with Gasteiger partial charge in [0.15, 0.2) is 17.1 Å². The third-order valence-electron chi connectivity index (χ3n) is 8.45. The molecule has 0 saturated heterocycles. The highest BCUT2D eigenvalue weighted by Gasteiger charge is 2.60. The number of aliphatic hydroxyl groups excluding tert-OH is 2. The summed E-state index contributed by atoms with van der Waals surface area (Å²) in [4.78, 5) is 52.6. The van der Waals surface area contributed by atoms with Gasteiger partial charge >= 0.3 is 0 Å². The summed E-state index contributed by atoms with van der Waals surface area (Å²) in [5, 5.41) is 47.0. The van der Waals surface area contributed by atoms with Crippen LogP contribution in [-0.2, 0) is 32.1 Å². The summed E-state index contributed by atoms with van der Waals surface area (Å²) in [6.07, 6.45) is -0.247. The van der Waals surface area contributed by atoms with Crippen molar-refractivity contribution in [1.29, 1.82) is 0 Å². The topological polar surface area (TPSA) is 190 Å². The molecule has 208 valence electrons. The van der Waals surface area contributed by atoms with Crippen molar-refractivity contribution >= 4 is 34.8 Å². The number of ketones is 2. The number of phenolic OH excluding ortho intramolecular Hbond substituents is 1. The van der Waals surface area contributed by atoms with Gasteiger partial charge < -0.3 is 31.5 Å². The first-order valence-electron chi connectivity index (χ1n) is 12.7. The molecular formula is C27H30FN3O8. The van der Waals surface area contributed by atoms with Gasteiger partial charge in [0.1, 0.15) is 22.9 Å². The number of likely N-dealkylation sites (N-methyl/N-ethyl adjacent to an activating group) is 1. The molecule has 1 unspecified atom stereocenters. The minimum absolute atomic E-state index is 0.00942. The Hall–Kier alpha value is -3.77. The SMILES string of the molecule is CC(C)C[C@H]1C(=O)Nc2c(O)c3c(c(F)c2CN1C)CC1C[C@H]2CC(=O)C(C(N)=O)=C(O)[C@@]2(O)C(=O)C1=C3O. The summed E-state index contributed by atoms with van der Waals surface area (Å²) < 4.78 is 16.1. The number of primary amides is 1. The van der Waals surface area contributed by atoms with Crippen LogP contribution in [-0.4, -0.2) is 67.4 Å². The maximum absolute atomic E-state index is 16.1. The fraction of sp³-hybridized carbons (Fsp3) is 0.481. The number of rotatable bonds is 3. The first-order chi connectivity index (χ1) is 18.2. The van der Waals surface area contributed by atoms with Crippen LogP contribution in [0.5, 0.6) is 5.75 Å². The number of carbonyl (C=O) groups is 4. The smallest absolute Gasteiger partial charge is 0.255 e. The number of nitrogens with one attached hydrogen (secondary N) is 1. The Balaban J connectivity index is 1.67. The van der Waals surface area contributed by atoms with Crippen LogP contribution in [0.25, 0.3) is 5.76 Å². The van der Waals surface area contributed by atoms with Crippen molar-refractivity contribution in [3.63, 3.8) is 0 Å². The summed E-state index contributed by atoms with van der Waals surface area (Å²) in [6.45, 7) is 3.87. The molecule has 0 radical (unpaired) electrons. The number of fused-ring (bicyclic) bond motifs is 4. The molecule has 0 bridgehead atoms. The number of Topliss-reactive ketones (excluding diaryl/α,β-unsaturated/α-hetero) is 2. The van der Waals surface area contributed by atoms with Gasteiger partial charge in [-0.1, -0.05) is 13.8 Å². The Labute approximate surface area is 222 Å². The molecule has 1 saturated carbocycles. The van der Waals surface area contributed by atoms with Crippen LogP contribution in [0.3, 0.4) is 0 Å². The number of halogens is 1. The number of nitrogens with two attached hydrogens (primary N) is 1. The normalized spacial score (nSPS) is 29.0. The van der Waals surface area contributed by atoms with Gasteiger partial charge in [0.05, 0.1) is 17.3 Å². The lowest BCUT2D eigenvalue weighted by molar-refractivity contribution is -0.147. The van der Waals surface area contributed by atoms with Crippen molar-refractivity contribution in [3.8, 4) is 5.75 Å². The summed E-state index contributed by atoms with van der Waals surface area (Å²) in [7, 11) is 1.67. The van der Waals surface area contributed by atoms with E-state index in [1.54, 1.807) is 11.9 Å². The average Bonchev–Trinajstić information content (AvgIpc) is 2.96. The number of hydrogen-bond donors (Lipinski definition) is 6. The van der Waals surface area contributed by atoms with E-state index in [-0.39, 0.29) is 47.7 Å². The molecule has 1 aliphatic heterocycles. The van der Waals surface area contributed by atoms with Crippen LogP contribution in [0.1, 0.15) is 49.8 Å². The molecule has 0 spiro atoms. The number of anilines is 1. The summed E-state index contributed by atoms with van der Waals surface area (Å²) in [5.74, 6) is -9.03. The van der Waals surface area contributed by atoms with Gasteiger partial charge in [-0.3, -0.25) is 24.1 Å². The number of benzene rings is 1. The summed E-state index contributed by atoms with van der Waals surface area (Å²) in [5.41, 5.74) is 0.554. The van der Waals surface area contributed by atoms with E-state index in [2.05, 4.69) is 5.32 Å². The fourth-order valence-electron chi connectivity index (χ4n) is 6.55. The number of phenols is 1. The highest BCUT2D eigenvalue weighted by atomic mass is 19.1. The van der Waals surface area contributed by atoms with E-state index < -0.39 is 87.5 Å². The van der Waals surface area contributed by atoms with Crippen LogP contribution in [0.4, 0.5) is 10.1 Å². The van der Waals surface area contributed by atoms with Crippen molar-refractivity contribution in [2.24, 2.45) is 23.5 Å². The van der Waals surface area contributed by atoms with Crippen LogP contribution in [0.15, 0.2) is 16.9 Å². The Morgan fingerprint density at radius 3 is 2.46 bits per heavy atom. The van der Waals surface area contributed by atoms with Gasteiger partial charge in [-0.2, -0.15) is 0 Å². The number of aliphatic hydroxyl groups is 3. The second kappa shape index (κ2) is 8.88. The molecule has 39 heavy (non-hydrogen) atoms. The van der Waals surface area contributed by atoms with E-state index in [1.165, 1.54) is 0 Å². The van der Waals surface area contributed by atoms with Crippen molar-refractivity contribution in [2.45, 2.75) is 57.7 Å². The largest absolute Gasteiger partial charge is 0.508 e. The van der Waals surface area contributed by atoms with Gasteiger partial charge in [0.2, 0.25) is 11.7 Å². The Morgan fingerprint density at radius 2 is 1.85 bits per heavy atom. The molecule has 12 heteroatoms. The summed E-state index contributed by atoms with van der Waals surface area (Å²) >= 11 is 0.